The van der Waals surface area contributed by atoms with Gasteiger partial charge < -0.3 is 10.2 Å². The Hall–Kier alpha value is -2.87. The number of nitrogens with zero attached hydrogens (tertiary/aromatic N) is 2. The number of rotatable bonds is 12. The highest BCUT2D eigenvalue weighted by Gasteiger charge is 2.26. The van der Waals surface area contributed by atoms with Crippen LogP contribution < -0.4 is 9.62 Å². The third kappa shape index (κ3) is 8.20. The second-order valence-corrected chi connectivity index (χ2v) is 10.1. The van der Waals surface area contributed by atoms with Crippen LogP contribution in [0.1, 0.15) is 37.8 Å². The molecule has 2 rings (SSSR count). The number of anilines is 1. The molecule has 0 aliphatic heterocycles. The normalized spacial score (nSPS) is 12.1. The monoisotopic (exact) mass is 473 g/mol. The number of hydrogen-bond acceptors (Lipinski definition) is 4. The van der Waals surface area contributed by atoms with Crippen molar-refractivity contribution in [1.82, 2.24) is 10.2 Å². The van der Waals surface area contributed by atoms with Gasteiger partial charge in [0.15, 0.2) is 0 Å². The molecule has 2 aromatic carbocycles. The summed E-state index contributed by atoms with van der Waals surface area (Å²) in [5.41, 5.74) is 2.70. The van der Waals surface area contributed by atoms with Gasteiger partial charge in [0.05, 0.1) is 11.9 Å². The Balaban J connectivity index is 2.07. The molecule has 0 aliphatic rings. The number of nitrogens with one attached hydrogen (secondary N) is 1. The van der Waals surface area contributed by atoms with E-state index in [1.165, 1.54) is 4.31 Å². The summed E-state index contributed by atoms with van der Waals surface area (Å²) >= 11 is 0. The zero-order valence-corrected chi connectivity index (χ0v) is 20.8. The van der Waals surface area contributed by atoms with E-state index in [9.17, 15) is 18.0 Å². The van der Waals surface area contributed by atoms with Gasteiger partial charge >= 0.3 is 0 Å². The van der Waals surface area contributed by atoms with E-state index in [0.717, 1.165) is 17.4 Å². The lowest BCUT2D eigenvalue weighted by atomic mass is 10.1. The van der Waals surface area contributed by atoms with Crippen LogP contribution in [0.4, 0.5) is 5.69 Å². The van der Waals surface area contributed by atoms with E-state index >= 15 is 0 Å². The van der Waals surface area contributed by atoms with Crippen molar-refractivity contribution in [3.05, 3.63) is 65.7 Å². The van der Waals surface area contributed by atoms with Crippen LogP contribution in [0.3, 0.4) is 0 Å². The van der Waals surface area contributed by atoms with Crippen LogP contribution in [0.25, 0.3) is 0 Å². The Labute approximate surface area is 197 Å². The molecular formula is C25H35N3O4S. The summed E-state index contributed by atoms with van der Waals surface area (Å²) in [5, 5.41) is 2.78. The van der Waals surface area contributed by atoms with Crippen LogP contribution in [0, 0.1) is 6.92 Å². The zero-order valence-electron chi connectivity index (χ0n) is 20.0. The van der Waals surface area contributed by atoms with E-state index < -0.39 is 16.1 Å². The van der Waals surface area contributed by atoms with Gasteiger partial charge in [-0.15, -0.1) is 0 Å². The largest absolute Gasteiger partial charge is 0.355 e. The molecule has 8 heteroatoms. The maximum Gasteiger partial charge on any atom is 0.242 e. The van der Waals surface area contributed by atoms with E-state index in [-0.39, 0.29) is 24.8 Å². The lowest BCUT2D eigenvalue weighted by Crippen LogP contribution is -2.48. The topological polar surface area (TPSA) is 86.8 Å². The van der Waals surface area contributed by atoms with Crippen molar-refractivity contribution in [1.29, 1.82) is 0 Å². The predicted octanol–water partition coefficient (Wildman–Crippen LogP) is 3.14. The molecule has 1 N–H and O–H groups in total. The Kier molecular flexibility index (Phi) is 9.91. The first-order chi connectivity index (χ1) is 15.6. The number of sulfonamides is 1. The van der Waals surface area contributed by atoms with Gasteiger partial charge in [0.2, 0.25) is 21.8 Å². The molecule has 0 spiro atoms. The van der Waals surface area contributed by atoms with Gasteiger partial charge in [-0.1, -0.05) is 48.0 Å². The van der Waals surface area contributed by atoms with Crippen LogP contribution in [0.5, 0.6) is 0 Å². The fourth-order valence-electron chi connectivity index (χ4n) is 3.61. The van der Waals surface area contributed by atoms with Gasteiger partial charge in [0.1, 0.15) is 6.04 Å². The quantitative estimate of drug-likeness (QED) is 0.513. The van der Waals surface area contributed by atoms with Crippen molar-refractivity contribution < 1.29 is 18.0 Å². The summed E-state index contributed by atoms with van der Waals surface area (Å²) in [6, 6.07) is 16.4. The highest BCUT2D eigenvalue weighted by atomic mass is 32.2. The molecule has 0 aromatic heterocycles. The molecular weight excluding hydrogens is 438 g/mol. The van der Waals surface area contributed by atoms with Crippen molar-refractivity contribution in [2.75, 3.05) is 30.2 Å². The van der Waals surface area contributed by atoms with Crippen LogP contribution in [0.15, 0.2) is 54.6 Å². The van der Waals surface area contributed by atoms with Crippen LogP contribution in [-0.2, 0) is 26.0 Å². The fourth-order valence-corrected chi connectivity index (χ4v) is 4.57. The van der Waals surface area contributed by atoms with Gasteiger partial charge in [-0.3, -0.25) is 13.9 Å². The SMILES string of the molecule is CCNC(=O)[C@H](C)N(CCc1ccccc1)C(=O)CCCN(c1ccc(C)cc1)S(C)(=O)=O. The maximum atomic E-state index is 13.1. The van der Waals surface area contributed by atoms with Crippen molar-refractivity contribution in [2.45, 2.75) is 46.1 Å². The highest BCUT2D eigenvalue weighted by molar-refractivity contribution is 7.92. The molecule has 33 heavy (non-hydrogen) atoms. The second-order valence-electron chi connectivity index (χ2n) is 8.17. The van der Waals surface area contributed by atoms with E-state index in [1.54, 1.807) is 24.0 Å². The maximum absolute atomic E-state index is 13.1. The highest BCUT2D eigenvalue weighted by Crippen LogP contribution is 2.19. The fraction of sp³-hybridized carbons (Fsp3) is 0.440. The standard InChI is InChI=1S/C25H35N3O4S/c1-5-26-25(30)21(3)27(19-17-22-10-7-6-8-11-22)24(29)12-9-18-28(33(4,31)32)23-15-13-20(2)14-16-23/h6-8,10-11,13-16,21H,5,9,12,17-19H2,1-4H3,(H,26,30)/t21-/m0/s1. The molecule has 180 valence electrons. The van der Waals surface area contributed by atoms with Gasteiger partial charge in [0.25, 0.3) is 0 Å². The molecule has 0 saturated carbocycles. The number of carbonyl (C=O) groups is 2. The Morgan fingerprint density at radius 3 is 2.21 bits per heavy atom. The minimum atomic E-state index is -3.49. The molecule has 0 saturated heterocycles. The second kappa shape index (κ2) is 12.4. The molecule has 7 nitrogen and oxygen atoms in total. The molecule has 0 bridgehead atoms. The van der Waals surface area contributed by atoms with Crippen LogP contribution >= 0.6 is 0 Å². The first-order valence-electron chi connectivity index (χ1n) is 11.3. The first-order valence-corrected chi connectivity index (χ1v) is 13.1. The summed E-state index contributed by atoms with van der Waals surface area (Å²) in [4.78, 5) is 27.1. The number of aryl methyl sites for hydroxylation is 1. The summed E-state index contributed by atoms with van der Waals surface area (Å²) in [5.74, 6) is -0.363. The Morgan fingerprint density at radius 1 is 1.00 bits per heavy atom. The third-order valence-electron chi connectivity index (χ3n) is 5.48. The molecule has 0 radical (unpaired) electrons. The van der Waals surface area contributed by atoms with Gasteiger partial charge in [-0.05, 0) is 51.3 Å². The lowest BCUT2D eigenvalue weighted by Gasteiger charge is -2.29. The molecule has 0 aliphatic carbocycles. The molecule has 0 unspecified atom stereocenters. The Morgan fingerprint density at radius 2 is 1.64 bits per heavy atom. The molecule has 2 amide bonds. The zero-order chi connectivity index (χ0) is 24.4. The third-order valence-corrected chi connectivity index (χ3v) is 6.67. The lowest BCUT2D eigenvalue weighted by molar-refractivity contribution is -0.139. The van der Waals surface area contributed by atoms with E-state index in [4.69, 9.17) is 0 Å². The molecule has 2 aromatic rings. The van der Waals surface area contributed by atoms with E-state index in [0.29, 0.717) is 31.6 Å². The Bertz CT molecular complexity index is 1010. The van der Waals surface area contributed by atoms with Gasteiger partial charge in [0, 0.05) is 26.1 Å². The van der Waals surface area contributed by atoms with Crippen LogP contribution in [-0.4, -0.2) is 57.1 Å². The number of amides is 2. The van der Waals surface area contributed by atoms with E-state index in [2.05, 4.69) is 5.32 Å². The smallest absolute Gasteiger partial charge is 0.242 e. The number of carbonyl (C=O) groups excluding carboxylic acids is 2. The minimum absolute atomic E-state index is 0.149. The molecule has 0 heterocycles. The van der Waals surface area contributed by atoms with E-state index in [1.807, 2.05) is 56.3 Å². The minimum Gasteiger partial charge on any atom is -0.355 e. The number of benzene rings is 2. The van der Waals surface area contributed by atoms with Gasteiger partial charge in [-0.25, -0.2) is 8.42 Å². The predicted molar refractivity (Wildman–Crippen MR) is 133 cm³/mol. The summed E-state index contributed by atoms with van der Waals surface area (Å²) in [7, 11) is -3.49. The van der Waals surface area contributed by atoms with Gasteiger partial charge in [-0.2, -0.15) is 0 Å². The van der Waals surface area contributed by atoms with Crippen molar-refractivity contribution in [2.24, 2.45) is 0 Å². The average Bonchev–Trinajstić information content (AvgIpc) is 2.77. The summed E-state index contributed by atoms with van der Waals surface area (Å²) < 4.78 is 26.0. The first kappa shape index (κ1) is 26.4. The summed E-state index contributed by atoms with van der Waals surface area (Å²) in [6.45, 7) is 6.59. The van der Waals surface area contributed by atoms with Crippen molar-refractivity contribution >= 4 is 27.5 Å². The number of likely N-dealkylation sites (N-methyl/N-ethyl adjacent to an activating group) is 1. The molecule has 0 fully saturated rings. The van der Waals surface area contributed by atoms with Crippen molar-refractivity contribution in [3.63, 3.8) is 0 Å². The summed E-state index contributed by atoms with van der Waals surface area (Å²) in [6.07, 6.45) is 2.30. The molecule has 1 atom stereocenters. The average molecular weight is 474 g/mol. The number of hydrogen-bond donors (Lipinski definition) is 1. The van der Waals surface area contributed by atoms with Crippen molar-refractivity contribution in [3.8, 4) is 0 Å². The van der Waals surface area contributed by atoms with Crippen LogP contribution in [0.2, 0.25) is 0 Å².